The lowest BCUT2D eigenvalue weighted by atomic mass is 9.89. The molecule has 2 nitrogen and oxygen atoms in total. The average molecular weight is 213 g/mol. The highest BCUT2D eigenvalue weighted by atomic mass is 35.5. The fraction of sp³-hybridized carbons (Fsp3) is 1.00. The van der Waals surface area contributed by atoms with Crippen molar-refractivity contribution in [3.8, 4) is 0 Å². The van der Waals surface area contributed by atoms with Gasteiger partial charge >= 0.3 is 0 Å². The molecule has 2 aliphatic rings. The van der Waals surface area contributed by atoms with Crippen LogP contribution >= 0.6 is 24.8 Å². The first-order chi connectivity index (χ1) is 4.90. The summed E-state index contributed by atoms with van der Waals surface area (Å²) in [5.74, 6) is 8.27. The minimum atomic E-state index is 0. The van der Waals surface area contributed by atoms with Crippen molar-refractivity contribution in [2.75, 3.05) is 6.54 Å². The van der Waals surface area contributed by atoms with Crippen LogP contribution in [0.15, 0.2) is 0 Å². The third-order valence-electron chi connectivity index (χ3n) is 3.26. The number of nitrogens with two attached hydrogens (primary N) is 1. The molecule has 3 unspecified atom stereocenters. The van der Waals surface area contributed by atoms with Crippen LogP contribution in [0, 0.1) is 17.8 Å². The van der Waals surface area contributed by atoms with Gasteiger partial charge in [-0.25, -0.2) is 0 Å². The van der Waals surface area contributed by atoms with Crippen molar-refractivity contribution in [2.45, 2.75) is 25.7 Å². The van der Waals surface area contributed by atoms with Gasteiger partial charge in [-0.1, -0.05) is 6.42 Å². The summed E-state index contributed by atoms with van der Waals surface area (Å²) in [4.78, 5) is 0. The fourth-order valence-electron chi connectivity index (χ4n) is 2.78. The van der Waals surface area contributed by atoms with E-state index in [0.717, 1.165) is 24.3 Å². The number of hydrogen-bond donors (Lipinski definition) is 2. The second-order valence-corrected chi connectivity index (χ2v) is 3.84. The minimum absolute atomic E-state index is 0. The molecule has 3 N–H and O–H groups in total. The molecule has 12 heavy (non-hydrogen) atoms. The zero-order chi connectivity index (χ0) is 6.97. The molecular weight excluding hydrogens is 195 g/mol. The SMILES string of the molecule is Cl.Cl.NNCC1CC2CCC1C2. The molecular formula is C8H18Cl2N2. The number of hydrogen-bond acceptors (Lipinski definition) is 2. The van der Waals surface area contributed by atoms with E-state index in [0.29, 0.717) is 0 Å². The molecule has 0 aliphatic heterocycles. The Kier molecular flexibility index (Phi) is 5.50. The van der Waals surface area contributed by atoms with E-state index in [2.05, 4.69) is 5.43 Å². The Morgan fingerprint density at radius 3 is 2.33 bits per heavy atom. The molecule has 0 spiro atoms. The lowest BCUT2D eigenvalue weighted by Gasteiger charge is -2.20. The van der Waals surface area contributed by atoms with Crippen molar-refractivity contribution < 1.29 is 0 Å². The van der Waals surface area contributed by atoms with Gasteiger partial charge in [-0.3, -0.25) is 11.3 Å². The van der Waals surface area contributed by atoms with Crippen molar-refractivity contribution in [3.63, 3.8) is 0 Å². The summed E-state index contributed by atoms with van der Waals surface area (Å²) in [7, 11) is 0. The van der Waals surface area contributed by atoms with Crippen molar-refractivity contribution in [3.05, 3.63) is 0 Å². The maximum Gasteiger partial charge on any atom is 0.0128 e. The number of fused-ring (bicyclic) bond motifs is 2. The van der Waals surface area contributed by atoms with Gasteiger partial charge in [0.25, 0.3) is 0 Å². The first-order valence-electron chi connectivity index (χ1n) is 4.33. The molecule has 0 aromatic rings. The Morgan fingerprint density at radius 1 is 1.17 bits per heavy atom. The summed E-state index contributed by atoms with van der Waals surface area (Å²) >= 11 is 0. The van der Waals surface area contributed by atoms with E-state index in [1.807, 2.05) is 0 Å². The van der Waals surface area contributed by atoms with Crippen LogP contribution in [-0.4, -0.2) is 6.54 Å². The first kappa shape index (κ1) is 12.5. The average Bonchev–Trinajstić information content (AvgIpc) is 2.48. The van der Waals surface area contributed by atoms with Crippen LogP contribution in [0.2, 0.25) is 0 Å². The van der Waals surface area contributed by atoms with Crippen LogP contribution in [0.25, 0.3) is 0 Å². The Labute approximate surface area is 86.4 Å². The zero-order valence-electron chi connectivity index (χ0n) is 7.16. The molecule has 2 bridgehead atoms. The zero-order valence-corrected chi connectivity index (χ0v) is 8.79. The van der Waals surface area contributed by atoms with Crippen molar-refractivity contribution in [1.29, 1.82) is 0 Å². The lowest BCUT2D eigenvalue weighted by Crippen LogP contribution is -2.31. The van der Waals surface area contributed by atoms with E-state index >= 15 is 0 Å². The minimum Gasteiger partial charge on any atom is -0.271 e. The summed E-state index contributed by atoms with van der Waals surface area (Å²) < 4.78 is 0. The van der Waals surface area contributed by atoms with Gasteiger partial charge in [0.2, 0.25) is 0 Å². The predicted octanol–water partition coefficient (Wildman–Crippen LogP) is 1.73. The van der Waals surface area contributed by atoms with Crippen LogP contribution < -0.4 is 11.3 Å². The quantitative estimate of drug-likeness (QED) is 0.541. The van der Waals surface area contributed by atoms with E-state index in [-0.39, 0.29) is 24.8 Å². The standard InChI is InChI=1S/C8H16N2.2ClH/c9-10-5-8-4-6-1-2-7(8)3-6;;/h6-8,10H,1-5,9H2;2*1H. The van der Waals surface area contributed by atoms with Gasteiger partial charge in [0, 0.05) is 6.54 Å². The van der Waals surface area contributed by atoms with Crippen LogP contribution in [0.3, 0.4) is 0 Å². The first-order valence-corrected chi connectivity index (χ1v) is 4.33. The molecule has 0 aromatic carbocycles. The van der Waals surface area contributed by atoms with Crippen LogP contribution in [-0.2, 0) is 0 Å². The Balaban J connectivity index is 0.000000605. The van der Waals surface area contributed by atoms with Gasteiger partial charge in [0.15, 0.2) is 0 Å². The smallest absolute Gasteiger partial charge is 0.0128 e. The van der Waals surface area contributed by atoms with Gasteiger partial charge in [0.1, 0.15) is 0 Å². The molecule has 2 rings (SSSR count). The van der Waals surface area contributed by atoms with Crippen LogP contribution in [0.5, 0.6) is 0 Å². The highest BCUT2D eigenvalue weighted by molar-refractivity contribution is 5.85. The maximum atomic E-state index is 5.29. The molecule has 0 amide bonds. The van der Waals surface area contributed by atoms with Gasteiger partial charge in [0.05, 0.1) is 0 Å². The monoisotopic (exact) mass is 212 g/mol. The highest BCUT2D eigenvalue weighted by Gasteiger charge is 2.38. The number of nitrogens with one attached hydrogen (secondary N) is 1. The van der Waals surface area contributed by atoms with E-state index in [4.69, 9.17) is 5.84 Å². The molecule has 0 aromatic heterocycles. The summed E-state index contributed by atoms with van der Waals surface area (Å²) in [6.07, 6.45) is 5.89. The molecule has 2 fully saturated rings. The number of halogens is 2. The van der Waals surface area contributed by atoms with Gasteiger partial charge in [-0.15, -0.1) is 24.8 Å². The van der Waals surface area contributed by atoms with Gasteiger partial charge < -0.3 is 0 Å². The molecule has 2 aliphatic carbocycles. The van der Waals surface area contributed by atoms with Crippen LogP contribution in [0.1, 0.15) is 25.7 Å². The largest absolute Gasteiger partial charge is 0.271 e. The van der Waals surface area contributed by atoms with E-state index < -0.39 is 0 Å². The summed E-state index contributed by atoms with van der Waals surface area (Å²) in [6, 6.07) is 0. The van der Waals surface area contributed by atoms with Crippen molar-refractivity contribution in [2.24, 2.45) is 23.6 Å². The van der Waals surface area contributed by atoms with Gasteiger partial charge in [-0.2, -0.15) is 0 Å². The molecule has 3 atom stereocenters. The van der Waals surface area contributed by atoms with E-state index in [1.54, 1.807) is 0 Å². The van der Waals surface area contributed by atoms with Gasteiger partial charge in [-0.05, 0) is 37.0 Å². The van der Waals surface area contributed by atoms with E-state index in [1.165, 1.54) is 25.7 Å². The van der Waals surface area contributed by atoms with Crippen LogP contribution in [0.4, 0.5) is 0 Å². The normalized spacial score (nSPS) is 37.2. The summed E-state index contributed by atoms with van der Waals surface area (Å²) in [5, 5.41) is 0. The summed E-state index contributed by atoms with van der Waals surface area (Å²) in [5.41, 5.74) is 2.79. The predicted molar refractivity (Wildman–Crippen MR) is 55.6 cm³/mol. The second kappa shape index (κ2) is 5.28. The summed E-state index contributed by atoms with van der Waals surface area (Å²) in [6.45, 7) is 1.04. The third-order valence-corrected chi connectivity index (χ3v) is 3.26. The Bertz CT molecular complexity index is 132. The topological polar surface area (TPSA) is 38.0 Å². The Hall–Kier alpha value is 0.500. The van der Waals surface area contributed by atoms with Crippen molar-refractivity contribution >= 4 is 24.8 Å². The third kappa shape index (κ3) is 2.25. The highest BCUT2D eigenvalue weighted by Crippen LogP contribution is 2.47. The van der Waals surface area contributed by atoms with E-state index in [9.17, 15) is 0 Å². The molecule has 2 saturated carbocycles. The molecule has 4 heteroatoms. The Morgan fingerprint density at radius 2 is 1.92 bits per heavy atom. The van der Waals surface area contributed by atoms with Crippen molar-refractivity contribution in [1.82, 2.24) is 5.43 Å². The molecule has 74 valence electrons. The second-order valence-electron chi connectivity index (χ2n) is 3.84. The number of rotatable bonds is 2. The fourth-order valence-corrected chi connectivity index (χ4v) is 2.78. The maximum absolute atomic E-state index is 5.29. The molecule has 0 heterocycles. The molecule has 0 radical (unpaired) electrons. The number of hydrazine groups is 1. The molecule has 0 saturated heterocycles. The lowest BCUT2D eigenvalue weighted by molar-refractivity contribution is 0.321.